The smallest absolute Gasteiger partial charge is 0.292 e. The van der Waals surface area contributed by atoms with Gasteiger partial charge in [0.1, 0.15) is 11.4 Å². The molecule has 3 heterocycles. The number of rotatable bonds is 8. The third kappa shape index (κ3) is 5.68. The highest BCUT2D eigenvalue weighted by atomic mass is 79.9. The summed E-state index contributed by atoms with van der Waals surface area (Å²) in [7, 11) is 0. The minimum absolute atomic E-state index is 0.0260. The van der Waals surface area contributed by atoms with Crippen molar-refractivity contribution in [2.75, 3.05) is 5.73 Å². The molecule has 0 bridgehead atoms. The van der Waals surface area contributed by atoms with E-state index in [2.05, 4.69) is 47.1 Å². The van der Waals surface area contributed by atoms with Crippen LogP contribution >= 0.6 is 27.5 Å². The summed E-state index contributed by atoms with van der Waals surface area (Å²) in [5.41, 5.74) is 12.7. The number of hydrazone groups is 1. The van der Waals surface area contributed by atoms with E-state index in [9.17, 15) is 4.79 Å². The van der Waals surface area contributed by atoms with Crippen molar-refractivity contribution in [1.82, 2.24) is 40.5 Å². The van der Waals surface area contributed by atoms with E-state index in [1.54, 1.807) is 24.3 Å². The number of carbonyl (C=O) groups excluding carboxylic acids is 1. The molecule has 3 aromatic heterocycles. The number of hydrogen-bond acceptors (Lipinski definition) is 9. The molecule has 0 saturated heterocycles. The topological polar surface area (TPSA) is 155 Å². The molecule has 0 atom stereocenters. The van der Waals surface area contributed by atoms with Crippen LogP contribution in [0.15, 0.2) is 99.3 Å². The van der Waals surface area contributed by atoms with E-state index in [1.165, 1.54) is 6.21 Å². The minimum Gasteiger partial charge on any atom is -0.378 e. The standard InChI is InChI=1S/C28H20BrClN10O2/c29-21-10-6-17(7-11-21)15-39-16-20(23(35-39)19-8-12-22(30)13-9-19)14-32-34-28(41)25-24(18-4-2-1-3-5-18)33-38-40(25)27-26(31)36-42-37-27/h1-14,16H,15H2,(H2,31,36)(H,34,41)/b32-14+. The fraction of sp³-hybridized carbons (Fsp3) is 0.0357. The molecule has 0 saturated carbocycles. The Morgan fingerprint density at radius 3 is 2.45 bits per heavy atom. The molecule has 1 amide bonds. The second-order valence-corrected chi connectivity index (χ2v) is 10.4. The lowest BCUT2D eigenvalue weighted by Crippen LogP contribution is -2.22. The monoisotopic (exact) mass is 642 g/mol. The second-order valence-electron chi connectivity index (χ2n) is 9.00. The largest absolute Gasteiger partial charge is 0.378 e. The van der Waals surface area contributed by atoms with Crippen LogP contribution in [0.25, 0.3) is 28.3 Å². The number of aromatic nitrogens is 7. The first-order valence-electron chi connectivity index (χ1n) is 12.5. The molecule has 0 spiro atoms. The van der Waals surface area contributed by atoms with E-state index < -0.39 is 5.91 Å². The Hall–Kier alpha value is -5.14. The lowest BCUT2D eigenvalue weighted by molar-refractivity contribution is 0.0947. The summed E-state index contributed by atoms with van der Waals surface area (Å²) >= 11 is 9.57. The van der Waals surface area contributed by atoms with Crippen LogP contribution in [0.4, 0.5) is 5.82 Å². The Labute approximate surface area is 251 Å². The maximum Gasteiger partial charge on any atom is 0.292 e. The van der Waals surface area contributed by atoms with Crippen LogP contribution in [-0.4, -0.2) is 47.2 Å². The maximum absolute atomic E-state index is 13.5. The van der Waals surface area contributed by atoms with Gasteiger partial charge in [0, 0.05) is 32.4 Å². The summed E-state index contributed by atoms with van der Waals surface area (Å²) < 4.78 is 8.67. The Balaban J connectivity index is 1.32. The highest BCUT2D eigenvalue weighted by Crippen LogP contribution is 2.25. The van der Waals surface area contributed by atoms with Gasteiger partial charge in [-0.15, -0.1) is 5.10 Å². The van der Waals surface area contributed by atoms with Crippen molar-refractivity contribution in [1.29, 1.82) is 0 Å². The van der Waals surface area contributed by atoms with E-state index in [1.807, 2.05) is 65.5 Å². The molecule has 42 heavy (non-hydrogen) atoms. The van der Waals surface area contributed by atoms with Crippen LogP contribution in [0.3, 0.4) is 0 Å². The first kappa shape index (κ1) is 27.1. The molecule has 3 N–H and O–H groups in total. The van der Waals surface area contributed by atoms with Crippen LogP contribution in [0, 0.1) is 0 Å². The predicted octanol–water partition coefficient (Wildman–Crippen LogP) is 4.99. The first-order valence-corrected chi connectivity index (χ1v) is 13.6. The van der Waals surface area contributed by atoms with Crippen molar-refractivity contribution in [2.24, 2.45) is 5.10 Å². The number of amides is 1. The molecule has 0 aliphatic heterocycles. The van der Waals surface area contributed by atoms with E-state index >= 15 is 0 Å². The number of carbonyl (C=O) groups is 1. The summed E-state index contributed by atoms with van der Waals surface area (Å²) in [5.74, 6) is -0.631. The van der Waals surface area contributed by atoms with Crippen LogP contribution in [0.2, 0.25) is 5.02 Å². The van der Waals surface area contributed by atoms with E-state index in [-0.39, 0.29) is 17.3 Å². The van der Waals surface area contributed by atoms with Gasteiger partial charge < -0.3 is 5.73 Å². The van der Waals surface area contributed by atoms with E-state index in [0.29, 0.717) is 34.1 Å². The molecule has 3 aromatic carbocycles. The lowest BCUT2D eigenvalue weighted by Gasteiger charge is -2.05. The molecule has 0 radical (unpaired) electrons. The van der Waals surface area contributed by atoms with Crippen molar-refractivity contribution in [2.45, 2.75) is 6.54 Å². The number of halogens is 2. The molecule has 12 nitrogen and oxygen atoms in total. The number of anilines is 1. The van der Waals surface area contributed by atoms with Crippen molar-refractivity contribution < 1.29 is 9.42 Å². The lowest BCUT2D eigenvalue weighted by atomic mass is 10.1. The SMILES string of the molecule is Nc1nonc1-n1nnc(-c2ccccc2)c1C(=O)N/N=C/c1cn(Cc2ccc(Br)cc2)nc1-c1ccc(Cl)cc1. The number of nitrogen functional groups attached to an aromatic ring is 1. The van der Waals surface area contributed by atoms with Gasteiger partial charge in [-0.25, -0.2) is 10.1 Å². The first-order chi connectivity index (χ1) is 20.5. The average Bonchev–Trinajstić information content (AvgIpc) is 3.73. The molecule has 6 aromatic rings. The van der Waals surface area contributed by atoms with Crippen molar-refractivity contribution in [3.05, 3.63) is 111 Å². The number of nitrogens with zero attached hydrogens (tertiary/aromatic N) is 8. The van der Waals surface area contributed by atoms with Gasteiger partial charge in [0.05, 0.1) is 12.8 Å². The molecular formula is C28H20BrClN10O2. The van der Waals surface area contributed by atoms with Crippen LogP contribution in [-0.2, 0) is 6.54 Å². The Bertz CT molecular complexity index is 1880. The second kappa shape index (κ2) is 11.8. The molecule has 0 fully saturated rings. The van der Waals surface area contributed by atoms with Crippen molar-refractivity contribution in [3.63, 3.8) is 0 Å². The van der Waals surface area contributed by atoms with Gasteiger partial charge >= 0.3 is 0 Å². The molecule has 0 unspecified atom stereocenters. The summed E-state index contributed by atoms with van der Waals surface area (Å²) in [4.78, 5) is 13.5. The Morgan fingerprint density at radius 1 is 1.00 bits per heavy atom. The summed E-state index contributed by atoms with van der Waals surface area (Å²) in [6.45, 7) is 0.534. The van der Waals surface area contributed by atoms with Gasteiger partial charge in [-0.2, -0.15) is 14.9 Å². The molecule has 0 aliphatic carbocycles. The summed E-state index contributed by atoms with van der Waals surface area (Å²) in [6.07, 6.45) is 3.37. The average molecular weight is 644 g/mol. The fourth-order valence-corrected chi connectivity index (χ4v) is 4.59. The zero-order chi connectivity index (χ0) is 29.1. The highest BCUT2D eigenvalue weighted by molar-refractivity contribution is 9.10. The normalized spacial score (nSPS) is 11.3. The zero-order valence-corrected chi connectivity index (χ0v) is 23.9. The number of nitrogens with two attached hydrogens (primary N) is 1. The van der Waals surface area contributed by atoms with Gasteiger partial charge in [-0.05, 0) is 40.1 Å². The van der Waals surface area contributed by atoms with Gasteiger partial charge in [0.2, 0.25) is 11.6 Å². The van der Waals surface area contributed by atoms with Gasteiger partial charge in [-0.3, -0.25) is 9.48 Å². The Morgan fingerprint density at radius 2 is 1.74 bits per heavy atom. The van der Waals surface area contributed by atoms with Gasteiger partial charge in [0.25, 0.3) is 5.91 Å². The van der Waals surface area contributed by atoms with Gasteiger partial charge in [0.15, 0.2) is 5.69 Å². The molecule has 208 valence electrons. The van der Waals surface area contributed by atoms with Crippen LogP contribution in [0.1, 0.15) is 21.6 Å². The summed E-state index contributed by atoms with van der Waals surface area (Å²) in [6, 6.07) is 24.4. The number of hydrogen-bond donors (Lipinski definition) is 2. The maximum atomic E-state index is 13.5. The molecule has 6 rings (SSSR count). The minimum atomic E-state index is -0.604. The fourth-order valence-electron chi connectivity index (χ4n) is 4.20. The Kier molecular flexibility index (Phi) is 7.58. The number of nitrogens with one attached hydrogen (secondary N) is 1. The molecule has 14 heteroatoms. The van der Waals surface area contributed by atoms with Crippen molar-refractivity contribution in [3.8, 4) is 28.3 Å². The van der Waals surface area contributed by atoms with E-state index in [4.69, 9.17) is 27.1 Å². The van der Waals surface area contributed by atoms with Crippen molar-refractivity contribution >= 4 is 45.5 Å². The van der Waals surface area contributed by atoms with Crippen LogP contribution < -0.4 is 11.2 Å². The highest BCUT2D eigenvalue weighted by Gasteiger charge is 2.26. The quantitative estimate of drug-likeness (QED) is 0.174. The van der Waals surface area contributed by atoms with Gasteiger partial charge in [-0.1, -0.05) is 87.3 Å². The zero-order valence-electron chi connectivity index (χ0n) is 21.6. The predicted molar refractivity (Wildman–Crippen MR) is 160 cm³/mol. The third-order valence-corrected chi connectivity index (χ3v) is 6.94. The van der Waals surface area contributed by atoms with Crippen LogP contribution in [0.5, 0.6) is 0 Å². The number of benzene rings is 3. The molecular weight excluding hydrogens is 624 g/mol. The van der Waals surface area contributed by atoms with E-state index in [0.717, 1.165) is 20.3 Å². The molecule has 0 aliphatic rings. The third-order valence-electron chi connectivity index (χ3n) is 6.16. The summed E-state index contributed by atoms with van der Waals surface area (Å²) in [5, 5.41) is 25.2.